The number of ether oxygens (including phenoxy) is 1. The molecule has 1 aliphatic heterocycles. The van der Waals surface area contributed by atoms with Crippen LogP contribution in [0.2, 0.25) is 0 Å². The third-order valence-corrected chi connectivity index (χ3v) is 5.59. The van der Waals surface area contributed by atoms with E-state index in [1.54, 1.807) is 24.3 Å². The van der Waals surface area contributed by atoms with E-state index in [0.717, 1.165) is 29.4 Å². The summed E-state index contributed by atoms with van der Waals surface area (Å²) in [5.41, 5.74) is 1.25. The van der Waals surface area contributed by atoms with Crippen molar-refractivity contribution < 1.29 is 14.3 Å². The minimum absolute atomic E-state index is 0.0109. The second-order valence-corrected chi connectivity index (χ2v) is 8.12. The second kappa shape index (κ2) is 9.24. The molecule has 2 aromatic carbocycles. The van der Waals surface area contributed by atoms with Crippen molar-refractivity contribution in [1.82, 2.24) is 4.90 Å². The molecule has 28 heavy (non-hydrogen) atoms. The first-order chi connectivity index (χ1) is 13.4. The number of carbonyl (C=O) groups is 2. The predicted molar refractivity (Wildman–Crippen MR) is 114 cm³/mol. The van der Waals surface area contributed by atoms with Crippen molar-refractivity contribution in [3.8, 4) is 5.75 Å². The molecule has 0 aromatic heterocycles. The summed E-state index contributed by atoms with van der Waals surface area (Å²) < 4.78 is 6.61. The smallest absolute Gasteiger partial charge is 0.260 e. The molecular weight excluding hydrogens is 420 g/mol. The average molecular weight is 445 g/mol. The minimum Gasteiger partial charge on any atom is -0.484 e. The summed E-state index contributed by atoms with van der Waals surface area (Å²) in [5.74, 6) is 0.392. The average Bonchev–Trinajstić information content (AvgIpc) is 2.68. The number of nitrogens with zero attached hydrogens (tertiary/aromatic N) is 1. The number of benzene rings is 2. The topological polar surface area (TPSA) is 58.6 Å². The highest BCUT2D eigenvalue weighted by atomic mass is 79.9. The molecule has 0 unspecified atom stereocenters. The van der Waals surface area contributed by atoms with Gasteiger partial charge in [-0.1, -0.05) is 15.9 Å². The van der Waals surface area contributed by atoms with Crippen LogP contribution in [0.25, 0.3) is 0 Å². The lowest BCUT2D eigenvalue weighted by molar-refractivity contribution is -0.139. The van der Waals surface area contributed by atoms with Gasteiger partial charge < -0.3 is 15.0 Å². The van der Waals surface area contributed by atoms with Crippen LogP contribution in [0.5, 0.6) is 5.75 Å². The fourth-order valence-electron chi connectivity index (χ4n) is 3.57. The van der Waals surface area contributed by atoms with Gasteiger partial charge in [-0.05, 0) is 81.6 Å². The van der Waals surface area contributed by atoms with E-state index >= 15 is 0 Å². The van der Waals surface area contributed by atoms with Crippen LogP contribution in [0.4, 0.5) is 5.69 Å². The van der Waals surface area contributed by atoms with Gasteiger partial charge >= 0.3 is 0 Å². The van der Waals surface area contributed by atoms with Gasteiger partial charge in [0.25, 0.3) is 11.8 Å². The van der Waals surface area contributed by atoms with E-state index in [-0.39, 0.29) is 30.5 Å². The first-order valence-electron chi connectivity index (χ1n) is 9.55. The maximum absolute atomic E-state index is 12.5. The van der Waals surface area contributed by atoms with Crippen molar-refractivity contribution >= 4 is 33.4 Å². The summed E-state index contributed by atoms with van der Waals surface area (Å²) in [4.78, 5) is 26.8. The Morgan fingerprint density at radius 2 is 1.64 bits per heavy atom. The van der Waals surface area contributed by atoms with E-state index in [4.69, 9.17) is 4.74 Å². The lowest BCUT2D eigenvalue weighted by atomic mass is 9.97. The van der Waals surface area contributed by atoms with Crippen LogP contribution in [0.1, 0.15) is 43.5 Å². The Morgan fingerprint density at radius 3 is 2.25 bits per heavy atom. The number of piperidine rings is 1. The molecule has 0 saturated carbocycles. The third-order valence-electron chi connectivity index (χ3n) is 5.06. The molecule has 1 saturated heterocycles. The molecule has 2 amide bonds. The van der Waals surface area contributed by atoms with E-state index in [9.17, 15) is 9.59 Å². The molecular formula is C22H25BrN2O3. The van der Waals surface area contributed by atoms with Crippen molar-refractivity contribution in [2.45, 2.75) is 45.2 Å². The summed E-state index contributed by atoms with van der Waals surface area (Å²) in [6, 6.07) is 14.7. The molecule has 1 heterocycles. The van der Waals surface area contributed by atoms with Crippen LogP contribution >= 0.6 is 15.9 Å². The Morgan fingerprint density at radius 1 is 1.04 bits per heavy atom. The van der Waals surface area contributed by atoms with Crippen LogP contribution in [-0.4, -0.2) is 35.4 Å². The van der Waals surface area contributed by atoms with Gasteiger partial charge in [0.1, 0.15) is 5.75 Å². The summed E-state index contributed by atoms with van der Waals surface area (Å²) in [7, 11) is 0. The van der Waals surface area contributed by atoms with Gasteiger partial charge in [-0.15, -0.1) is 0 Å². The van der Waals surface area contributed by atoms with Crippen molar-refractivity contribution in [1.29, 1.82) is 0 Å². The van der Waals surface area contributed by atoms with Gasteiger partial charge in [-0.2, -0.15) is 0 Å². The van der Waals surface area contributed by atoms with E-state index in [1.807, 2.05) is 29.2 Å². The molecule has 1 fully saturated rings. The molecule has 0 radical (unpaired) electrons. The van der Waals surface area contributed by atoms with Crippen LogP contribution in [0.3, 0.4) is 0 Å². The van der Waals surface area contributed by atoms with Gasteiger partial charge in [0.05, 0.1) is 0 Å². The number of nitrogens with one attached hydrogen (secondary N) is 1. The number of amides is 2. The Labute approximate surface area is 174 Å². The quantitative estimate of drug-likeness (QED) is 0.715. The van der Waals surface area contributed by atoms with Crippen molar-refractivity contribution in [3.05, 3.63) is 58.6 Å². The molecule has 2 atom stereocenters. The molecule has 3 rings (SSSR count). The maximum atomic E-state index is 12.5. The highest BCUT2D eigenvalue weighted by Crippen LogP contribution is 2.23. The van der Waals surface area contributed by atoms with Gasteiger partial charge in [0, 0.05) is 27.8 Å². The first-order valence-corrected chi connectivity index (χ1v) is 10.3. The summed E-state index contributed by atoms with van der Waals surface area (Å²) >= 11 is 3.37. The van der Waals surface area contributed by atoms with Crippen LogP contribution < -0.4 is 10.1 Å². The Hall–Kier alpha value is -2.34. The van der Waals surface area contributed by atoms with Gasteiger partial charge in [-0.3, -0.25) is 9.59 Å². The van der Waals surface area contributed by atoms with Crippen molar-refractivity contribution in [2.24, 2.45) is 0 Å². The highest BCUT2D eigenvalue weighted by molar-refractivity contribution is 9.10. The number of likely N-dealkylation sites (tertiary alicyclic amines) is 1. The van der Waals surface area contributed by atoms with E-state index in [0.29, 0.717) is 11.3 Å². The summed E-state index contributed by atoms with van der Waals surface area (Å²) in [6.07, 6.45) is 3.24. The minimum atomic E-state index is -0.194. The molecule has 5 nitrogen and oxygen atoms in total. The zero-order valence-corrected chi connectivity index (χ0v) is 17.7. The largest absolute Gasteiger partial charge is 0.484 e. The highest BCUT2D eigenvalue weighted by Gasteiger charge is 2.28. The van der Waals surface area contributed by atoms with Crippen LogP contribution in [0, 0.1) is 0 Å². The first kappa shape index (κ1) is 20.4. The van der Waals surface area contributed by atoms with Crippen molar-refractivity contribution in [2.75, 3.05) is 11.9 Å². The fraction of sp³-hybridized carbons (Fsp3) is 0.364. The zero-order valence-electron chi connectivity index (χ0n) is 16.2. The normalized spacial score (nSPS) is 19.2. The van der Waals surface area contributed by atoms with Crippen LogP contribution in [-0.2, 0) is 4.79 Å². The standard InChI is InChI=1S/C22H25BrN2O3/c1-15-4-3-5-16(2)25(15)21(26)14-28-20-12-6-17(7-13-20)22(27)24-19-10-8-18(23)9-11-19/h6-13,15-16H,3-5,14H2,1-2H3,(H,24,27)/t15-,16-/m1/s1. The van der Waals surface area contributed by atoms with Crippen LogP contribution in [0.15, 0.2) is 53.0 Å². The molecule has 1 N–H and O–H groups in total. The molecule has 1 aliphatic rings. The third kappa shape index (κ3) is 5.13. The lowest BCUT2D eigenvalue weighted by Crippen LogP contribution is -2.49. The molecule has 0 bridgehead atoms. The van der Waals surface area contributed by atoms with Crippen molar-refractivity contribution in [3.63, 3.8) is 0 Å². The van der Waals surface area contributed by atoms with E-state index < -0.39 is 0 Å². The number of halogens is 1. The fourth-order valence-corrected chi connectivity index (χ4v) is 3.84. The zero-order chi connectivity index (χ0) is 20.1. The second-order valence-electron chi connectivity index (χ2n) is 7.20. The molecule has 0 spiro atoms. The number of rotatable bonds is 5. The number of hydrogen-bond acceptors (Lipinski definition) is 3. The summed E-state index contributed by atoms with van der Waals surface area (Å²) in [6.45, 7) is 4.19. The molecule has 0 aliphatic carbocycles. The molecule has 2 aromatic rings. The monoisotopic (exact) mass is 444 g/mol. The SMILES string of the molecule is C[C@@H]1CCC[C@@H](C)N1C(=O)COc1ccc(C(=O)Nc2ccc(Br)cc2)cc1. The molecule has 6 heteroatoms. The lowest BCUT2D eigenvalue weighted by Gasteiger charge is -2.38. The molecule has 148 valence electrons. The van der Waals surface area contributed by atoms with E-state index in [2.05, 4.69) is 35.1 Å². The Bertz CT molecular complexity index is 811. The maximum Gasteiger partial charge on any atom is 0.260 e. The predicted octanol–water partition coefficient (Wildman–Crippen LogP) is 4.87. The number of anilines is 1. The van der Waals surface area contributed by atoms with Gasteiger partial charge in [0.2, 0.25) is 0 Å². The van der Waals surface area contributed by atoms with E-state index in [1.165, 1.54) is 0 Å². The Kier molecular flexibility index (Phi) is 6.73. The van der Waals surface area contributed by atoms with Gasteiger partial charge in [-0.25, -0.2) is 0 Å². The Balaban J connectivity index is 1.54. The number of hydrogen-bond donors (Lipinski definition) is 1. The number of carbonyl (C=O) groups excluding carboxylic acids is 2. The summed E-state index contributed by atoms with van der Waals surface area (Å²) in [5, 5.41) is 2.85. The van der Waals surface area contributed by atoms with Gasteiger partial charge in [0.15, 0.2) is 6.61 Å².